The van der Waals surface area contributed by atoms with E-state index in [1.54, 1.807) is 0 Å². The Hall–Kier alpha value is -0.860. The minimum atomic E-state index is 0.743. The van der Waals surface area contributed by atoms with E-state index in [1.165, 1.54) is 24.9 Å². The first-order valence-electron chi connectivity index (χ1n) is 6.76. The number of hydrogen-bond donors (Lipinski definition) is 1. The van der Waals surface area contributed by atoms with Gasteiger partial charge in [-0.2, -0.15) is 0 Å². The summed E-state index contributed by atoms with van der Waals surface area (Å²) in [5, 5.41) is 0. The third kappa shape index (κ3) is 5.33. The second-order valence-electron chi connectivity index (χ2n) is 4.69. The topological polar surface area (TPSA) is 29.3 Å². The van der Waals surface area contributed by atoms with E-state index in [4.69, 9.17) is 5.73 Å². The number of nitrogens with zero attached hydrogens (tertiary/aromatic N) is 1. The predicted octanol–water partition coefficient (Wildman–Crippen LogP) is 2.88. The van der Waals surface area contributed by atoms with E-state index in [9.17, 15) is 0 Å². The highest BCUT2D eigenvalue weighted by Crippen LogP contribution is 2.12. The fourth-order valence-corrected chi connectivity index (χ4v) is 2.17. The van der Waals surface area contributed by atoms with Crippen molar-refractivity contribution >= 4 is 0 Å². The zero-order chi connectivity index (χ0) is 12.5. The Labute approximate surface area is 106 Å². The summed E-state index contributed by atoms with van der Waals surface area (Å²) in [5.41, 5.74) is 7.08. The van der Waals surface area contributed by atoms with Crippen molar-refractivity contribution in [2.45, 2.75) is 33.2 Å². The number of benzene rings is 1. The van der Waals surface area contributed by atoms with Gasteiger partial charge in [0.25, 0.3) is 0 Å². The van der Waals surface area contributed by atoms with Crippen LogP contribution < -0.4 is 5.73 Å². The number of rotatable bonds is 8. The molecule has 2 heteroatoms. The van der Waals surface area contributed by atoms with Crippen molar-refractivity contribution in [1.29, 1.82) is 0 Å². The molecule has 0 saturated carbocycles. The lowest BCUT2D eigenvalue weighted by atomic mass is 10.0. The van der Waals surface area contributed by atoms with Gasteiger partial charge in [0.05, 0.1) is 0 Å². The van der Waals surface area contributed by atoms with Gasteiger partial charge in [0.1, 0.15) is 0 Å². The number of hydrogen-bond acceptors (Lipinski definition) is 2. The first-order valence-corrected chi connectivity index (χ1v) is 6.76. The Bertz CT molecular complexity index is 280. The zero-order valence-corrected chi connectivity index (χ0v) is 11.2. The molecule has 1 aromatic rings. The van der Waals surface area contributed by atoms with Gasteiger partial charge < -0.3 is 5.73 Å². The summed E-state index contributed by atoms with van der Waals surface area (Å²) in [7, 11) is 0. The van der Waals surface area contributed by atoms with E-state index in [0.29, 0.717) is 0 Å². The fourth-order valence-electron chi connectivity index (χ4n) is 2.17. The van der Waals surface area contributed by atoms with Crippen LogP contribution >= 0.6 is 0 Å². The minimum absolute atomic E-state index is 0.743. The fraction of sp³-hybridized carbons (Fsp3) is 0.600. The van der Waals surface area contributed by atoms with Crippen LogP contribution in [0.5, 0.6) is 0 Å². The largest absolute Gasteiger partial charge is 0.329 e. The standard InChI is InChI=1S/C15H26N2/c1-3-14(4-2)12-17(11-10-16)13-15-8-6-5-7-9-15/h5-9,14H,3-4,10-13,16H2,1-2H3. The molecule has 0 aliphatic heterocycles. The molecule has 0 radical (unpaired) electrons. The van der Waals surface area contributed by atoms with Crippen LogP contribution in [0.2, 0.25) is 0 Å². The summed E-state index contributed by atoms with van der Waals surface area (Å²) in [6.45, 7) is 8.47. The summed E-state index contributed by atoms with van der Waals surface area (Å²) >= 11 is 0. The molecule has 0 aliphatic rings. The SMILES string of the molecule is CCC(CC)CN(CCN)Cc1ccccc1. The van der Waals surface area contributed by atoms with Crippen LogP contribution in [-0.4, -0.2) is 24.5 Å². The second kappa shape index (κ2) is 8.26. The van der Waals surface area contributed by atoms with Crippen LogP contribution in [0, 0.1) is 5.92 Å². The Balaban J connectivity index is 2.53. The van der Waals surface area contributed by atoms with E-state index in [1.807, 2.05) is 0 Å². The average Bonchev–Trinajstić information content (AvgIpc) is 2.37. The van der Waals surface area contributed by atoms with Crippen molar-refractivity contribution in [3.05, 3.63) is 35.9 Å². The maximum atomic E-state index is 5.70. The molecule has 0 spiro atoms. The molecule has 0 saturated heterocycles. The predicted molar refractivity (Wildman–Crippen MR) is 74.8 cm³/mol. The quantitative estimate of drug-likeness (QED) is 0.749. The highest BCUT2D eigenvalue weighted by molar-refractivity contribution is 5.14. The minimum Gasteiger partial charge on any atom is -0.329 e. The van der Waals surface area contributed by atoms with Gasteiger partial charge in [-0.1, -0.05) is 57.0 Å². The van der Waals surface area contributed by atoms with Gasteiger partial charge in [0.15, 0.2) is 0 Å². The Morgan fingerprint density at radius 1 is 1.12 bits per heavy atom. The first-order chi connectivity index (χ1) is 8.30. The highest BCUT2D eigenvalue weighted by Gasteiger charge is 2.10. The molecule has 17 heavy (non-hydrogen) atoms. The van der Waals surface area contributed by atoms with Gasteiger partial charge in [-0.15, -0.1) is 0 Å². The Kier molecular flexibility index (Phi) is 6.90. The van der Waals surface area contributed by atoms with Gasteiger partial charge in [-0.05, 0) is 11.5 Å². The van der Waals surface area contributed by atoms with Crippen molar-refractivity contribution in [3.8, 4) is 0 Å². The van der Waals surface area contributed by atoms with Gasteiger partial charge in [-0.3, -0.25) is 4.90 Å². The van der Waals surface area contributed by atoms with Gasteiger partial charge in [0.2, 0.25) is 0 Å². The van der Waals surface area contributed by atoms with E-state index >= 15 is 0 Å². The monoisotopic (exact) mass is 234 g/mol. The van der Waals surface area contributed by atoms with Crippen molar-refractivity contribution < 1.29 is 0 Å². The average molecular weight is 234 g/mol. The lowest BCUT2D eigenvalue weighted by molar-refractivity contribution is 0.221. The van der Waals surface area contributed by atoms with Gasteiger partial charge >= 0.3 is 0 Å². The van der Waals surface area contributed by atoms with Crippen molar-refractivity contribution in [3.63, 3.8) is 0 Å². The lowest BCUT2D eigenvalue weighted by Gasteiger charge is -2.26. The van der Waals surface area contributed by atoms with Crippen LogP contribution in [0.25, 0.3) is 0 Å². The maximum Gasteiger partial charge on any atom is 0.0234 e. The summed E-state index contributed by atoms with van der Waals surface area (Å²) in [5.74, 6) is 0.797. The van der Waals surface area contributed by atoms with Crippen LogP contribution in [-0.2, 0) is 6.54 Å². The van der Waals surface area contributed by atoms with E-state index in [2.05, 4.69) is 49.1 Å². The molecule has 96 valence electrons. The molecule has 0 fully saturated rings. The molecule has 0 aromatic heterocycles. The van der Waals surface area contributed by atoms with Crippen molar-refractivity contribution in [1.82, 2.24) is 4.90 Å². The first kappa shape index (κ1) is 14.2. The summed E-state index contributed by atoms with van der Waals surface area (Å²) in [4.78, 5) is 2.48. The van der Waals surface area contributed by atoms with Crippen molar-refractivity contribution in [2.24, 2.45) is 11.7 Å². The molecule has 0 bridgehead atoms. The normalized spacial score (nSPS) is 11.4. The molecular weight excluding hydrogens is 208 g/mol. The number of nitrogens with two attached hydrogens (primary N) is 1. The molecular formula is C15H26N2. The van der Waals surface area contributed by atoms with E-state index < -0.39 is 0 Å². The van der Waals surface area contributed by atoms with Crippen LogP contribution in [0.1, 0.15) is 32.3 Å². The molecule has 0 heterocycles. The van der Waals surface area contributed by atoms with Gasteiger partial charge in [0, 0.05) is 26.2 Å². The van der Waals surface area contributed by atoms with Crippen LogP contribution in [0.15, 0.2) is 30.3 Å². The Morgan fingerprint density at radius 2 is 1.76 bits per heavy atom. The van der Waals surface area contributed by atoms with Crippen LogP contribution in [0.4, 0.5) is 0 Å². The third-order valence-electron chi connectivity index (χ3n) is 3.37. The summed E-state index contributed by atoms with van der Waals surface area (Å²) < 4.78 is 0. The molecule has 1 rings (SSSR count). The molecule has 1 aromatic carbocycles. The summed E-state index contributed by atoms with van der Waals surface area (Å²) in [6, 6.07) is 10.7. The van der Waals surface area contributed by atoms with Crippen molar-refractivity contribution in [2.75, 3.05) is 19.6 Å². The van der Waals surface area contributed by atoms with E-state index in [-0.39, 0.29) is 0 Å². The Morgan fingerprint density at radius 3 is 2.29 bits per heavy atom. The zero-order valence-electron chi connectivity index (χ0n) is 11.2. The summed E-state index contributed by atoms with van der Waals surface area (Å²) in [6.07, 6.45) is 2.51. The van der Waals surface area contributed by atoms with Crippen LogP contribution in [0.3, 0.4) is 0 Å². The second-order valence-corrected chi connectivity index (χ2v) is 4.69. The molecule has 0 atom stereocenters. The molecule has 2 nitrogen and oxygen atoms in total. The molecule has 0 unspecified atom stereocenters. The maximum absolute atomic E-state index is 5.70. The highest BCUT2D eigenvalue weighted by atomic mass is 15.1. The smallest absolute Gasteiger partial charge is 0.0234 e. The molecule has 2 N–H and O–H groups in total. The lowest BCUT2D eigenvalue weighted by Crippen LogP contribution is -2.33. The molecule has 0 amide bonds. The van der Waals surface area contributed by atoms with Gasteiger partial charge in [-0.25, -0.2) is 0 Å². The third-order valence-corrected chi connectivity index (χ3v) is 3.37. The molecule has 0 aliphatic carbocycles. The van der Waals surface area contributed by atoms with E-state index in [0.717, 1.165) is 25.6 Å².